The van der Waals surface area contributed by atoms with Gasteiger partial charge in [0.25, 0.3) is 0 Å². The number of rotatable bonds is 40. The third-order valence-electron chi connectivity index (χ3n) is 12.3. The molecule has 8 nitrogen and oxygen atoms in total. The van der Waals surface area contributed by atoms with Crippen molar-refractivity contribution in [3.8, 4) is 0 Å². The van der Waals surface area contributed by atoms with Crippen molar-refractivity contribution in [1.82, 2.24) is 14.7 Å². The molecule has 2 atom stereocenters. The summed E-state index contributed by atoms with van der Waals surface area (Å²) in [7, 11) is 6.28. The molecule has 0 saturated carbocycles. The van der Waals surface area contributed by atoms with Crippen LogP contribution in [0.15, 0.2) is 48.6 Å². The fourth-order valence-electron chi connectivity index (χ4n) is 8.15. The molecule has 0 aromatic carbocycles. The van der Waals surface area contributed by atoms with Crippen LogP contribution in [0.4, 0.5) is 0 Å². The van der Waals surface area contributed by atoms with E-state index in [0.29, 0.717) is 39.1 Å². The first-order chi connectivity index (χ1) is 29.8. The summed E-state index contributed by atoms with van der Waals surface area (Å²) in [6.45, 7) is 9.26. The number of carbonyl (C=O) groups is 2. The van der Waals surface area contributed by atoms with Crippen LogP contribution in [0.1, 0.15) is 194 Å². The molecule has 0 aromatic heterocycles. The number of carbonyl (C=O) groups excluding carboxylic acids is 2. The van der Waals surface area contributed by atoms with Gasteiger partial charge in [0.15, 0.2) is 0 Å². The van der Waals surface area contributed by atoms with Crippen LogP contribution < -0.4 is 0 Å². The number of ether oxygens (including phenoxy) is 3. The Morgan fingerprint density at radius 3 is 1.64 bits per heavy atom. The summed E-state index contributed by atoms with van der Waals surface area (Å²) in [5, 5.41) is 0. The Bertz CT molecular complexity index is 1190. The van der Waals surface area contributed by atoms with Gasteiger partial charge in [0.05, 0.1) is 38.3 Å². The molecule has 8 heteroatoms. The molecule has 2 aliphatic heterocycles. The predicted octanol–water partition coefficient (Wildman–Crippen LogP) is 12.8. The van der Waals surface area contributed by atoms with Crippen LogP contribution >= 0.6 is 0 Å². The number of hydrogen-bond acceptors (Lipinski definition) is 7. The van der Waals surface area contributed by atoms with Gasteiger partial charge in [0.1, 0.15) is 0 Å². The first-order valence-electron chi connectivity index (χ1n) is 25.5. The van der Waals surface area contributed by atoms with Crippen LogP contribution in [-0.2, 0) is 23.8 Å². The monoisotopic (exact) mass is 854 g/mol. The second-order valence-electron chi connectivity index (χ2n) is 18.5. The van der Waals surface area contributed by atoms with E-state index in [1.807, 2.05) is 4.90 Å². The van der Waals surface area contributed by atoms with Gasteiger partial charge in [-0.05, 0) is 111 Å². The summed E-state index contributed by atoms with van der Waals surface area (Å²) in [6, 6.07) is 0. The van der Waals surface area contributed by atoms with E-state index in [1.54, 1.807) is 0 Å². The standard InChI is InChI=1S/C53H95N3O5/c1-6-8-10-12-14-16-18-20-22-24-26-28-30-32-34-36-39-49(38-35-33-31-29-27-25-23-21-19-17-15-13-11-9-7-2)52(58)59-45-41-50-46-60-53(61-50)47-56(48-53)51(57)40-37-42-55(5)44-43-54(3)4/h14-17,20-23,49-50H,6-13,18-19,24-48H2,1-5H3/b16-14-,17-15-,22-20-,23-21-. The van der Waals surface area contributed by atoms with Gasteiger partial charge in [0, 0.05) is 25.9 Å². The summed E-state index contributed by atoms with van der Waals surface area (Å²) in [6.07, 6.45) is 50.5. The summed E-state index contributed by atoms with van der Waals surface area (Å²) in [5.41, 5.74) is 0. The van der Waals surface area contributed by atoms with Crippen LogP contribution in [0.3, 0.4) is 0 Å². The summed E-state index contributed by atoms with van der Waals surface area (Å²) in [4.78, 5) is 32.5. The Balaban J connectivity index is 1.65. The lowest BCUT2D eigenvalue weighted by Crippen LogP contribution is -2.64. The third kappa shape index (κ3) is 28.9. The Labute approximate surface area is 376 Å². The van der Waals surface area contributed by atoms with Gasteiger partial charge in [0.2, 0.25) is 11.7 Å². The molecule has 1 spiro atoms. The molecule has 2 unspecified atom stereocenters. The largest absolute Gasteiger partial charge is 0.465 e. The molecule has 1 amide bonds. The zero-order valence-electron chi connectivity index (χ0n) is 40.4. The van der Waals surface area contributed by atoms with Crippen molar-refractivity contribution in [1.29, 1.82) is 0 Å². The fourth-order valence-corrected chi connectivity index (χ4v) is 8.15. The highest BCUT2D eigenvalue weighted by atomic mass is 16.8. The van der Waals surface area contributed by atoms with E-state index in [1.165, 1.54) is 116 Å². The minimum atomic E-state index is -0.682. The normalized spacial score (nSPS) is 17.1. The van der Waals surface area contributed by atoms with Gasteiger partial charge < -0.3 is 28.9 Å². The van der Waals surface area contributed by atoms with Crippen LogP contribution in [0.25, 0.3) is 0 Å². The lowest BCUT2D eigenvalue weighted by atomic mass is 9.94. The number of amides is 1. The summed E-state index contributed by atoms with van der Waals surface area (Å²) < 4.78 is 18.3. The maximum Gasteiger partial charge on any atom is 0.308 e. The van der Waals surface area contributed by atoms with Crippen molar-refractivity contribution >= 4 is 11.9 Å². The molecule has 0 aromatic rings. The van der Waals surface area contributed by atoms with Crippen molar-refractivity contribution in [3.63, 3.8) is 0 Å². The lowest BCUT2D eigenvalue weighted by Gasteiger charge is -2.46. The Hall–Kier alpha value is -2.26. The Kier molecular flexibility index (Phi) is 33.4. The minimum absolute atomic E-state index is 0.0187. The molecule has 2 saturated heterocycles. The zero-order valence-corrected chi connectivity index (χ0v) is 40.4. The molecule has 0 aliphatic carbocycles. The highest BCUT2D eigenvalue weighted by Crippen LogP contribution is 2.35. The number of esters is 1. The van der Waals surface area contributed by atoms with Crippen molar-refractivity contribution in [2.75, 3.05) is 67.1 Å². The smallest absolute Gasteiger partial charge is 0.308 e. The maximum atomic E-state index is 13.4. The van der Waals surface area contributed by atoms with Gasteiger partial charge in [-0.15, -0.1) is 0 Å². The van der Waals surface area contributed by atoms with Crippen LogP contribution in [0, 0.1) is 5.92 Å². The number of likely N-dealkylation sites (tertiary alicyclic amines) is 1. The van der Waals surface area contributed by atoms with E-state index in [9.17, 15) is 9.59 Å². The number of unbranched alkanes of at least 4 members (excludes halogenated alkanes) is 17. The van der Waals surface area contributed by atoms with Gasteiger partial charge in [-0.3, -0.25) is 9.59 Å². The SMILES string of the molecule is CCCCC/C=C\C/C=C\CCCCCCCCC(CCCCCCC/C=C\C/C=C\CCCCC)C(=O)OCCC1COC2(CN(C(=O)CCCN(C)CCN(C)C)C2)O1. The molecule has 2 fully saturated rings. The Morgan fingerprint density at radius 1 is 0.639 bits per heavy atom. The van der Waals surface area contributed by atoms with E-state index in [-0.39, 0.29) is 23.9 Å². The molecule has 61 heavy (non-hydrogen) atoms. The van der Waals surface area contributed by atoms with Crippen LogP contribution in [0.5, 0.6) is 0 Å². The third-order valence-corrected chi connectivity index (χ3v) is 12.3. The second kappa shape index (κ2) is 37.1. The molecule has 0 radical (unpaired) electrons. The van der Waals surface area contributed by atoms with E-state index >= 15 is 0 Å². The average Bonchev–Trinajstić information content (AvgIpc) is 3.67. The van der Waals surface area contributed by atoms with Crippen molar-refractivity contribution in [3.05, 3.63) is 48.6 Å². The lowest BCUT2D eigenvalue weighted by molar-refractivity contribution is -0.244. The van der Waals surface area contributed by atoms with E-state index < -0.39 is 5.79 Å². The van der Waals surface area contributed by atoms with Gasteiger partial charge in [-0.25, -0.2) is 0 Å². The first kappa shape index (κ1) is 54.9. The molecule has 2 rings (SSSR count). The van der Waals surface area contributed by atoms with E-state index in [4.69, 9.17) is 14.2 Å². The maximum absolute atomic E-state index is 13.4. The topological polar surface area (TPSA) is 71.6 Å². The molecule has 0 N–H and O–H groups in total. The summed E-state index contributed by atoms with van der Waals surface area (Å²) >= 11 is 0. The number of allylic oxidation sites excluding steroid dienone is 8. The summed E-state index contributed by atoms with van der Waals surface area (Å²) in [5.74, 6) is -0.562. The zero-order chi connectivity index (χ0) is 44.1. The fraction of sp³-hybridized carbons (Fsp3) is 0.811. The second-order valence-corrected chi connectivity index (χ2v) is 18.5. The van der Waals surface area contributed by atoms with Crippen LogP contribution in [-0.4, -0.2) is 106 Å². The molecular weight excluding hydrogens is 759 g/mol. The van der Waals surface area contributed by atoms with Crippen molar-refractivity contribution in [2.45, 2.75) is 206 Å². The number of likely N-dealkylation sites (N-methyl/N-ethyl adjacent to an activating group) is 2. The molecule has 352 valence electrons. The van der Waals surface area contributed by atoms with Gasteiger partial charge in [-0.2, -0.15) is 0 Å². The number of nitrogens with zero attached hydrogens (tertiary/aromatic N) is 3. The molecule has 0 bridgehead atoms. The van der Waals surface area contributed by atoms with E-state index in [2.05, 4.69) is 93.4 Å². The molecular formula is C53H95N3O5. The molecule has 2 aliphatic rings. The Morgan fingerprint density at radius 2 is 1.13 bits per heavy atom. The predicted molar refractivity (Wildman–Crippen MR) is 258 cm³/mol. The van der Waals surface area contributed by atoms with Gasteiger partial charge >= 0.3 is 5.97 Å². The number of hydrogen-bond donors (Lipinski definition) is 0. The van der Waals surface area contributed by atoms with E-state index in [0.717, 1.165) is 71.0 Å². The highest BCUT2D eigenvalue weighted by Gasteiger charge is 2.52. The van der Waals surface area contributed by atoms with Gasteiger partial charge in [-0.1, -0.05) is 146 Å². The highest BCUT2D eigenvalue weighted by molar-refractivity contribution is 5.77. The molecule has 2 heterocycles. The van der Waals surface area contributed by atoms with Crippen molar-refractivity contribution in [2.24, 2.45) is 5.92 Å². The first-order valence-corrected chi connectivity index (χ1v) is 25.5. The minimum Gasteiger partial charge on any atom is -0.465 e. The average molecular weight is 854 g/mol. The quantitative estimate of drug-likeness (QED) is 0.0345. The van der Waals surface area contributed by atoms with Crippen LogP contribution in [0.2, 0.25) is 0 Å². The van der Waals surface area contributed by atoms with Crippen molar-refractivity contribution < 1.29 is 23.8 Å².